The van der Waals surface area contributed by atoms with E-state index in [1.54, 1.807) is 42.5 Å². The van der Waals surface area contributed by atoms with Crippen LogP contribution in [0.15, 0.2) is 46.9 Å². The van der Waals surface area contributed by atoms with Gasteiger partial charge in [0.2, 0.25) is 5.89 Å². The SMILES string of the molecule is Clc1ccc(-c2nnc(COc3ccc(Cl)c(Cl)c3)o2)cc1. The van der Waals surface area contributed by atoms with Crippen LogP contribution in [0.25, 0.3) is 11.5 Å². The maximum Gasteiger partial charge on any atom is 0.254 e. The van der Waals surface area contributed by atoms with Gasteiger partial charge in [-0.05, 0) is 36.4 Å². The Hall–Kier alpha value is -1.75. The van der Waals surface area contributed by atoms with Crippen LogP contribution in [0.3, 0.4) is 0 Å². The second-order valence-electron chi connectivity index (χ2n) is 4.37. The van der Waals surface area contributed by atoms with Crippen LogP contribution >= 0.6 is 34.8 Å². The molecule has 112 valence electrons. The summed E-state index contributed by atoms with van der Waals surface area (Å²) < 4.78 is 11.1. The van der Waals surface area contributed by atoms with Gasteiger partial charge in [-0.2, -0.15) is 0 Å². The number of rotatable bonds is 4. The second kappa shape index (κ2) is 6.57. The Bertz CT molecular complexity index is 788. The van der Waals surface area contributed by atoms with E-state index in [1.165, 1.54) is 0 Å². The summed E-state index contributed by atoms with van der Waals surface area (Å²) in [5, 5.41) is 9.45. The van der Waals surface area contributed by atoms with Gasteiger partial charge in [0.1, 0.15) is 5.75 Å². The molecule has 0 fully saturated rings. The molecule has 0 radical (unpaired) electrons. The topological polar surface area (TPSA) is 48.2 Å². The predicted molar refractivity (Wildman–Crippen MR) is 85.5 cm³/mol. The Morgan fingerprint density at radius 2 is 1.68 bits per heavy atom. The molecule has 0 atom stereocenters. The van der Waals surface area contributed by atoms with Crippen molar-refractivity contribution in [2.45, 2.75) is 6.61 Å². The van der Waals surface area contributed by atoms with E-state index in [0.717, 1.165) is 5.56 Å². The highest BCUT2D eigenvalue weighted by Crippen LogP contribution is 2.27. The molecule has 3 rings (SSSR count). The summed E-state index contributed by atoms with van der Waals surface area (Å²) in [7, 11) is 0. The van der Waals surface area contributed by atoms with Crippen LogP contribution < -0.4 is 4.74 Å². The van der Waals surface area contributed by atoms with Gasteiger partial charge in [0.05, 0.1) is 10.0 Å². The Balaban J connectivity index is 1.69. The molecule has 0 amide bonds. The van der Waals surface area contributed by atoms with Crippen molar-refractivity contribution in [2.75, 3.05) is 0 Å². The first-order valence-corrected chi connectivity index (χ1v) is 7.41. The summed E-state index contributed by atoms with van der Waals surface area (Å²) in [6.45, 7) is 0.137. The average molecular weight is 356 g/mol. The first-order valence-electron chi connectivity index (χ1n) is 6.28. The van der Waals surface area contributed by atoms with E-state index >= 15 is 0 Å². The van der Waals surface area contributed by atoms with Crippen LogP contribution in [0.1, 0.15) is 5.89 Å². The molecule has 0 unspecified atom stereocenters. The van der Waals surface area contributed by atoms with Gasteiger partial charge in [0.25, 0.3) is 5.89 Å². The Morgan fingerprint density at radius 3 is 2.41 bits per heavy atom. The summed E-state index contributed by atoms with van der Waals surface area (Å²) in [5.74, 6) is 1.33. The van der Waals surface area contributed by atoms with Crippen molar-refractivity contribution in [1.29, 1.82) is 0 Å². The second-order valence-corrected chi connectivity index (χ2v) is 5.62. The maximum atomic E-state index is 5.92. The predicted octanol–water partition coefficient (Wildman–Crippen LogP) is 5.28. The molecule has 0 aliphatic rings. The van der Waals surface area contributed by atoms with E-state index in [4.69, 9.17) is 44.0 Å². The highest BCUT2D eigenvalue weighted by molar-refractivity contribution is 6.42. The highest BCUT2D eigenvalue weighted by Gasteiger charge is 2.09. The molecule has 0 spiro atoms. The van der Waals surface area contributed by atoms with Crippen molar-refractivity contribution in [3.63, 3.8) is 0 Å². The lowest BCUT2D eigenvalue weighted by molar-refractivity contribution is 0.264. The molecule has 0 aliphatic carbocycles. The number of nitrogens with zero attached hydrogens (tertiary/aromatic N) is 2. The fourth-order valence-corrected chi connectivity index (χ4v) is 2.15. The maximum absolute atomic E-state index is 5.92. The van der Waals surface area contributed by atoms with Crippen LogP contribution in [0.4, 0.5) is 0 Å². The van der Waals surface area contributed by atoms with Crippen LogP contribution in [0.2, 0.25) is 15.1 Å². The fourth-order valence-electron chi connectivity index (χ4n) is 1.73. The Kier molecular flexibility index (Phi) is 4.52. The van der Waals surface area contributed by atoms with Gasteiger partial charge in [-0.1, -0.05) is 34.8 Å². The van der Waals surface area contributed by atoms with Gasteiger partial charge in [-0.3, -0.25) is 0 Å². The summed E-state index contributed by atoms with van der Waals surface area (Å²) in [6, 6.07) is 12.1. The lowest BCUT2D eigenvalue weighted by Gasteiger charge is -2.04. The van der Waals surface area contributed by atoms with Gasteiger partial charge in [-0.15, -0.1) is 10.2 Å². The molecule has 1 heterocycles. The van der Waals surface area contributed by atoms with Crippen molar-refractivity contribution in [1.82, 2.24) is 10.2 Å². The third kappa shape index (κ3) is 3.53. The molecular weight excluding hydrogens is 347 g/mol. The molecule has 0 bridgehead atoms. The van der Waals surface area contributed by atoms with Gasteiger partial charge in [0.15, 0.2) is 6.61 Å². The molecule has 0 saturated carbocycles. The van der Waals surface area contributed by atoms with Crippen molar-refractivity contribution in [3.05, 3.63) is 63.4 Å². The van der Waals surface area contributed by atoms with Crippen LogP contribution in [0, 0.1) is 0 Å². The quantitative estimate of drug-likeness (QED) is 0.639. The first-order chi connectivity index (χ1) is 10.6. The van der Waals surface area contributed by atoms with Crippen molar-refractivity contribution >= 4 is 34.8 Å². The molecule has 0 saturated heterocycles. The largest absolute Gasteiger partial charge is 0.484 e. The highest BCUT2D eigenvalue weighted by atomic mass is 35.5. The zero-order valence-corrected chi connectivity index (χ0v) is 13.4. The van der Waals surface area contributed by atoms with Crippen LogP contribution in [-0.2, 0) is 6.61 Å². The number of ether oxygens (including phenoxy) is 1. The van der Waals surface area contributed by atoms with Crippen molar-refractivity contribution in [2.24, 2.45) is 0 Å². The molecule has 7 heteroatoms. The van der Waals surface area contributed by atoms with E-state index in [1.807, 2.05) is 0 Å². The summed E-state index contributed by atoms with van der Waals surface area (Å²) in [5.41, 5.74) is 0.790. The lowest BCUT2D eigenvalue weighted by atomic mass is 10.2. The number of hydrogen-bond donors (Lipinski definition) is 0. The summed E-state index contributed by atoms with van der Waals surface area (Å²) in [6.07, 6.45) is 0. The minimum Gasteiger partial charge on any atom is -0.484 e. The normalized spacial score (nSPS) is 10.7. The van der Waals surface area contributed by atoms with Crippen molar-refractivity contribution in [3.8, 4) is 17.2 Å². The van der Waals surface area contributed by atoms with E-state index in [-0.39, 0.29) is 6.61 Å². The van der Waals surface area contributed by atoms with Crippen LogP contribution in [-0.4, -0.2) is 10.2 Å². The number of benzene rings is 2. The minimum atomic E-state index is 0.137. The lowest BCUT2D eigenvalue weighted by Crippen LogP contribution is -1.95. The molecule has 0 aliphatic heterocycles. The zero-order chi connectivity index (χ0) is 15.5. The van der Waals surface area contributed by atoms with E-state index in [2.05, 4.69) is 10.2 Å². The number of aromatic nitrogens is 2. The Labute approximate surface area is 141 Å². The molecule has 4 nitrogen and oxygen atoms in total. The van der Waals surface area contributed by atoms with Crippen molar-refractivity contribution < 1.29 is 9.15 Å². The zero-order valence-electron chi connectivity index (χ0n) is 11.1. The minimum absolute atomic E-state index is 0.137. The fraction of sp³-hybridized carbons (Fsp3) is 0.0667. The Morgan fingerprint density at radius 1 is 0.909 bits per heavy atom. The van der Waals surface area contributed by atoms with Gasteiger partial charge >= 0.3 is 0 Å². The van der Waals surface area contributed by atoms with E-state index in [0.29, 0.717) is 32.6 Å². The van der Waals surface area contributed by atoms with E-state index < -0.39 is 0 Å². The summed E-state index contributed by atoms with van der Waals surface area (Å²) in [4.78, 5) is 0. The molecular formula is C15H9Cl3N2O2. The van der Waals surface area contributed by atoms with Gasteiger partial charge in [0, 0.05) is 16.7 Å². The average Bonchev–Trinajstić information content (AvgIpc) is 2.98. The van der Waals surface area contributed by atoms with E-state index in [9.17, 15) is 0 Å². The number of halogens is 3. The molecule has 22 heavy (non-hydrogen) atoms. The standard InChI is InChI=1S/C15H9Cl3N2O2/c16-10-3-1-9(2-4-10)15-20-19-14(22-15)8-21-11-5-6-12(17)13(18)7-11/h1-7H,8H2. The van der Waals surface area contributed by atoms with Gasteiger partial charge < -0.3 is 9.15 Å². The first kappa shape index (κ1) is 15.2. The monoisotopic (exact) mass is 354 g/mol. The summed E-state index contributed by atoms with van der Waals surface area (Å²) >= 11 is 17.6. The molecule has 0 N–H and O–H groups in total. The van der Waals surface area contributed by atoms with Crippen LogP contribution in [0.5, 0.6) is 5.75 Å². The third-order valence-corrected chi connectivity index (χ3v) is 3.80. The molecule has 2 aromatic carbocycles. The van der Waals surface area contributed by atoms with Gasteiger partial charge in [-0.25, -0.2) is 0 Å². The molecule has 3 aromatic rings. The smallest absolute Gasteiger partial charge is 0.254 e. The number of hydrogen-bond acceptors (Lipinski definition) is 4. The third-order valence-electron chi connectivity index (χ3n) is 2.81. The molecule has 1 aromatic heterocycles.